The smallest absolute Gasteiger partial charge is 0.255 e. The van der Waals surface area contributed by atoms with E-state index < -0.39 is 48.7 Å². The number of benzene rings is 2. The number of ether oxygens (including phenoxy) is 1. The van der Waals surface area contributed by atoms with Crippen LogP contribution < -0.4 is 20.7 Å². The van der Waals surface area contributed by atoms with Crippen LogP contribution in [0.5, 0.6) is 5.75 Å². The molecule has 0 aliphatic carbocycles. The average Bonchev–Trinajstić information content (AvgIpc) is 3.38. The Morgan fingerprint density at radius 1 is 1.02 bits per heavy atom. The zero-order valence-corrected chi connectivity index (χ0v) is 22.9. The first-order valence-corrected chi connectivity index (χ1v) is 13.6. The quantitative estimate of drug-likeness (QED) is 0.382. The van der Waals surface area contributed by atoms with Gasteiger partial charge in [-0.1, -0.05) is 36.4 Å². The summed E-state index contributed by atoms with van der Waals surface area (Å²) < 4.78 is 5.74. The van der Waals surface area contributed by atoms with E-state index in [4.69, 9.17) is 4.74 Å². The summed E-state index contributed by atoms with van der Waals surface area (Å²) >= 11 is 0. The van der Waals surface area contributed by atoms with Crippen molar-refractivity contribution in [1.29, 1.82) is 0 Å². The van der Waals surface area contributed by atoms with Gasteiger partial charge in [-0.3, -0.25) is 24.0 Å². The van der Waals surface area contributed by atoms with Crippen molar-refractivity contribution in [2.75, 3.05) is 33.4 Å². The highest BCUT2D eigenvalue weighted by molar-refractivity contribution is 6.01. The second-order valence-corrected chi connectivity index (χ2v) is 10.1. The highest BCUT2D eigenvalue weighted by Gasteiger charge is 2.29. The lowest BCUT2D eigenvalue weighted by molar-refractivity contribution is -0.137. The molecule has 0 bridgehead atoms. The van der Waals surface area contributed by atoms with Crippen LogP contribution >= 0.6 is 0 Å². The average molecular weight is 566 g/mol. The monoisotopic (exact) mass is 565 g/mol. The third-order valence-corrected chi connectivity index (χ3v) is 7.05. The van der Waals surface area contributed by atoms with E-state index in [0.717, 1.165) is 24.1 Å². The Labute approximate surface area is 238 Å². The van der Waals surface area contributed by atoms with Crippen molar-refractivity contribution in [3.05, 3.63) is 65.2 Å². The summed E-state index contributed by atoms with van der Waals surface area (Å²) in [7, 11) is 1.51. The number of likely N-dealkylation sites (tertiary alicyclic amines) is 1. The van der Waals surface area contributed by atoms with E-state index in [1.54, 1.807) is 24.3 Å². The first kappa shape index (κ1) is 29.5. The van der Waals surface area contributed by atoms with Crippen LogP contribution in [0.3, 0.4) is 0 Å². The Morgan fingerprint density at radius 2 is 1.76 bits per heavy atom. The largest absolute Gasteiger partial charge is 0.491 e. The highest BCUT2D eigenvalue weighted by Crippen LogP contribution is 2.19. The normalized spacial score (nSPS) is 20.4. The van der Waals surface area contributed by atoms with Gasteiger partial charge in [0.15, 0.2) is 0 Å². The van der Waals surface area contributed by atoms with Crippen molar-refractivity contribution in [3.8, 4) is 5.75 Å². The molecule has 0 radical (unpaired) electrons. The molecule has 1 fully saturated rings. The van der Waals surface area contributed by atoms with Crippen LogP contribution in [0.4, 0.5) is 0 Å². The van der Waals surface area contributed by atoms with Crippen molar-refractivity contribution in [2.45, 2.75) is 44.4 Å². The third-order valence-electron chi connectivity index (χ3n) is 7.05. The SMILES string of the molecule is CN1CCOc2ccccc2C(=O)N[C@H](C(=O)NCc2ccc(CN3CCCC3=O)cc2)CC(=O)N[C@@H](CO)C1=O. The molecule has 218 valence electrons. The maximum absolute atomic E-state index is 13.2. The molecule has 4 N–H and O–H groups in total. The molecule has 0 spiro atoms. The summed E-state index contributed by atoms with van der Waals surface area (Å²) in [4.78, 5) is 67.0. The number of carbonyl (C=O) groups is 5. The highest BCUT2D eigenvalue weighted by atomic mass is 16.5. The molecule has 0 saturated carbocycles. The number of rotatable bonds is 6. The van der Waals surface area contributed by atoms with Gasteiger partial charge in [0.1, 0.15) is 24.4 Å². The van der Waals surface area contributed by atoms with E-state index in [1.165, 1.54) is 11.9 Å². The van der Waals surface area contributed by atoms with Crippen LogP contribution in [0.25, 0.3) is 0 Å². The van der Waals surface area contributed by atoms with E-state index in [0.29, 0.717) is 13.0 Å². The van der Waals surface area contributed by atoms with Crippen molar-refractivity contribution in [3.63, 3.8) is 0 Å². The second kappa shape index (κ2) is 13.8. The zero-order chi connectivity index (χ0) is 29.4. The zero-order valence-electron chi connectivity index (χ0n) is 22.9. The van der Waals surface area contributed by atoms with Gasteiger partial charge in [0.25, 0.3) is 5.91 Å². The number of nitrogens with zero attached hydrogens (tertiary/aromatic N) is 2. The van der Waals surface area contributed by atoms with Crippen molar-refractivity contribution in [1.82, 2.24) is 25.8 Å². The van der Waals surface area contributed by atoms with Gasteiger partial charge in [-0.25, -0.2) is 0 Å². The standard InChI is InChI=1S/C29H35N5O7/c1-33-13-14-41-24-6-3-2-5-21(24)27(38)32-22(15-25(36)31-23(18-35)29(33)40)28(39)30-16-19-8-10-20(11-9-19)17-34-12-4-7-26(34)37/h2-3,5-6,8-11,22-23,35H,4,7,12-18H2,1H3,(H,30,39)(H,31,36)(H,32,38)/t22-,23-/m0/s1. The lowest BCUT2D eigenvalue weighted by atomic mass is 10.1. The predicted molar refractivity (Wildman–Crippen MR) is 147 cm³/mol. The van der Waals surface area contributed by atoms with E-state index in [9.17, 15) is 29.1 Å². The number of carbonyl (C=O) groups excluding carboxylic acids is 5. The Balaban J connectivity index is 1.47. The molecule has 5 amide bonds. The number of aliphatic hydroxyl groups excluding tert-OH is 1. The summed E-state index contributed by atoms with van der Waals surface area (Å²) in [5.41, 5.74) is 1.95. The second-order valence-electron chi connectivity index (χ2n) is 10.1. The Hall–Kier alpha value is -4.45. The van der Waals surface area contributed by atoms with Crippen LogP contribution in [0.15, 0.2) is 48.5 Å². The molecule has 2 aromatic carbocycles. The van der Waals surface area contributed by atoms with Crippen LogP contribution in [0, 0.1) is 0 Å². The van der Waals surface area contributed by atoms with Gasteiger partial charge in [-0.2, -0.15) is 0 Å². The summed E-state index contributed by atoms with van der Waals surface area (Å²) in [5.74, 6) is -2.00. The minimum Gasteiger partial charge on any atom is -0.491 e. The van der Waals surface area contributed by atoms with Crippen LogP contribution in [-0.4, -0.2) is 89.9 Å². The lowest BCUT2D eigenvalue weighted by Crippen LogP contribution is -2.53. The number of hydrogen-bond acceptors (Lipinski definition) is 7. The first-order chi connectivity index (χ1) is 19.7. The molecule has 0 aromatic heterocycles. The number of hydrogen-bond donors (Lipinski definition) is 4. The van der Waals surface area contributed by atoms with E-state index >= 15 is 0 Å². The Morgan fingerprint density at radius 3 is 2.46 bits per heavy atom. The maximum atomic E-state index is 13.2. The maximum Gasteiger partial charge on any atom is 0.255 e. The molecular formula is C29H35N5O7. The molecule has 12 nitrogen and oxygen atoms in total. The number of para-hydroxylation sites is 1. The number of aliphatic hydroxyl groups is 1. The lowest BCUT2D eigenvalue weighted by Gasteiger charge is -2.25. The Bertz CT molecular complexity index is 1280. The van der Waals surface area contributed by atoms with Crippen molar-refractivity contribution in [2.24, 2.45) is 0 Å². The first-order valence-electron chi connectivity index (χ1n) is 13.6. The summed E-state index contributed by atoms with van der Waals surface area (Å²) in [5, 5.41) is 17.5. The molecule has 0 unspecified atom stereocenters. The van der Waals surface area contributed by atoms with Gasteiger partial charge in [0, 0.05) is 33.1 Å². The fourth-order valence-electron chi connectivity index (χ4n) is 4.68. The fraction of sp³-hybridized carbons (Fsp3) is 0.414. The van der Waals surface area contributed by atoms with Gasteiger partial charge >= 0.3 is 0 Å². The molecule has 2 aliphatic rings. The van der Waals surface area contributed by atoms with E-state index in [1.807, 2.05) is 29.2 Å². The molecule has 1 saturated heterocycles. The van der Waals surface area contributed by atoms with Gasteiger partial charge in [0.2, 0.25) is 23.6 Å². The molecular weight excluding hydrogens is 530 g/mol. The van der Waals surface area contributed by atoms with Gasteiger partial charge < -0.3 is 35.6 Å². The summed E-state index contributed by atoms with van der Waals surface area (Å²) in [6.45, 7) is 1.01. The minimum atomic E-state index is -1.27. The topological polar surface area (TPSA) is 157 Å². The minimum absolute atomic E-state index is 0.0652. The summed E-state index contributed by atoms with van der Waals surface area (Å²) in [6, 6.07) is 11.5. The van der Waals surface area contributed by atoms with Crippen molar-refractivity contribution >= 4 is 29.5 Å². The molecule has 41 heavy (non-hydrogen) atoms. The van der Waals surface area contributed by atoms with Gasteiger partial charge in [-0.05, 0) is 29.7 Å². The number of amides is 5. The van der Waals surface area contributed by atoms with Crippen LogP contribution in [-0.2, 0) is 32.3 Å². The molecule has 12 heteroatoms. The molecule has 2 aromatic rings. The summed E-state index contributed by atoms with van der Waals surface area (Å²) in [6.07, 6.45) is 0.981. The van der Waals surface area contributed by atoms with Gasteiger partial charge in [0.05, 0.1) is 25.1 Å². The predicted octanol–water partition coefficient (Wildman–Crippen LogP) is -0.0582. The Kier molecular flexibility index (Phi) is 9.91. The number of fused-ring (bicyclic) bond motifs is 1. The molecule has 2 aliphatic heterocycles. The van der Waals surface area contributed by atoms with Gasteiger partial charge in [-0.15, -0.1) is 0 Å². The molecule has 4 rings (SSSR count). The van der Waals surface area contributed by atoms with Crippen LogP contribution in [0.2, 0.25) is 0 Å². The van der Waals surface area contributed by atoms with E-state index in [-0.39, 0.29) is 36.9 Å². The van der Waals surface area contributed by atoms with E-state index in [2.05, 4.69) is 16.0 Å². The molecule has 2 atom stereocenters. The fourth-order valence-corrected chi connectivity index (χ4v) is 4.68. The third kappa shape index (κ3) is 7.82. The molecule has 2 heterocycles. The van der Waals surface area contributed by atoms with Crippen molar-refractivity contribution < 1.29 is 33.8 Å². The number of nitrogens with one attached hydrogen (secondary N) is 3. The number of likely N-dealkylation sites (N-methyl/N-ethyl adjacent to an activating group) is 1. The van der Waals surface area contributed by atoms with Crippen LogP contribution in [0.1, 0.15) is 40.7 Å².